The van der Waals surface area contributed by atoms with E-state index in [1.54, 1.807) is 31.4 Å². The summed E-state index contributed by atoms with van der Waals surface area (Å²) in [4.78, 5) is 22.3. The van der Waals surface area contributed by atoms with Crippen molar-refractivity contribution in [3.63, 3.8) is 0 Å². The molecule has 1 amide bonds. The molecular formula is C14H17NO4S. The third-order valence-electron chi connectivity index (χ3n) is 2.61. The monoisotopic (exact) mass is 295 g/mol. The fraction of sp³-hybridized carbons (Fsp3) is 0.286. The van der Waals surface area contributed by atoms with Gasteiger partial charge in [-0.3, -0.25) is 9.00 Å². The summed E-state index contributed by atoms with van der Waals surface area (Å²) in [5.41, 5.74) is 2.06. The number of carboxylic acid groups (broad SMARTS) is 1. The van der Waals surface area contributed by atoms with Gasteiger partial charge in [0.25, 0.3) is 5.91 Å². The van der Waals surface area contributed by atoms with Crippen LogP contribution in [0.25, 0.3) is 6.08 Å². The van der Waals surface area contributed by atoms with Gasteiger partial charge in [0.15, 0.2) is 0 Å². The second kappa shape index (κ2) is 7.59. The van der Waals surface area contributed by atoms with Gasteiger partial charge in [-0.2, -0.15) is 0 Å². The van der Waals surface area contributed by atoms with Crippen molar-refractivity contribution >= 4 is 28.8 Å². The maximum atomic E-state index is 11.8. The molecule has 1 unspecified atom stereocenters. The molecule has 0 spiro atoms. The number of carbonyl (C=O) groups excluding carboxylic acids is 1. The van der Waals surface area contributed by atoms with Crippen LogP contribution in [0.2, 0.25) is 0 Å². The minimum Gasteiger partial charge on any atom is -0.478 e. The maximum Gasteiger partial charge on any atom is 0.328 e. The summed E-state index contributed by atoms with van der Waals surface area (Å²) in [5.74, 6) is -0.824. The first-order valence-electron chi connectivity index (χ1n) is 6.00. The molecule has 5 nitrogen and oxygen atoms in total. The van der Waals surface area contributed by atoms with Crippen molar-refractivity contribution in [3.8, 4) is 0 Å². The standard InChI is InChI=1S/C14H17NO4S/c1-10-9-12(14(18)15-7-8-20(2)19)4-3-11(10)5-6-13(16)17/h3-6,9H,7-8H2,1-2H3,(H,15,18)(H,16,17)/b6-5+. The molecule has 0 saturated heterocycles. The lowest BCUT2D eigenvalue weighted by molar-refractivity contribution is -0.131. The van der Waals surface area contributed by atoms with Gasteiger partial charge in [0.05, 0.1) is 0 Å². The summed E-state index contributed by atoms with van der Waals surface area (Å²) >= 11 is 0. The fourth-order valence-electron chi connectivity index (χ4n) is 1.58. The van der Waals surface area contributed by atoms with Crippen LogP contribution in [-0.2, 0) is 15.6 Å². The van der Waals surface area contributed by atoms with E-state index in [4.69, 9.17) is 5.11 Å². The van der Waals surface area contributed by atoms with Gasteiger partial charge < -0.3 is 10.4 Å². The van der Waals surface area contributed by atoms with Gasteiger partial charge in [0, 0.05) is 41.0 Å². The summed E-state index contributed by atoms with van der Waals surface area (Å²) in [6.45, 7) is 2.17. The first-order valence-corrected chi connectivity index (χ1v) is 7.72. The minimum atomic E-state index is -1.02. The number of aryl methyl sites for hydroxylation is 1. The second-order valence-corrected chi connectivity index (χ2v) is 5.83. The Balaban J connectivity index is 2.73. The van der Waals surface area contributed by atoms with E-state index in [1.807, 2.05) is 0 Å². The third kappa shape index (κ3) is 5.36. The fourth-order valence-corrected chi connectivity index (χ4v) is 1.96. The van der Waals surface area contributed by atoms with E-state index in [-0.39, 0.29) is 5.91 Å². The highest BCUT2D eigenvalue weighted by Crippen LogP contribution is 2.13. The highest BCUT2D eigenvalue weighted by Gasteiger charge is 2.06. The number of hydrogen-bond acceptors (Lipinski definition) is 3. The van der Waals surface area contributed by atoms with E-state index in [0.29, 0.717) is 17.9 Å². The summed E-state index contributed by atoms with van der Waals surface area (Å²) in [7, 11) is -0.933. The SMILES string of the molecule is Cc1cc(C(=O)NCCS(C)=O)ccc1/C=C/C(=O)O. The van der Waals surface area contributed by atoms with Crippen LogP contribution in [-0.4, -0.2) is 39.7 Å². The molecule has 0 heterocycles. The van der Waals surface area contributed by atoms with Gasteiger partial charge in [0.2, 0.25) is 0 Å². The predicted octanol–water partition coefficient (Wildman–Crippen LogP) is 1.20. The van der Waals surface area contributed by atoms with Gasteiger partial charge >= 0.3 is 5.97 Å². The largest absolute Gasteiger partial charge is 0.478 e. The maximum absolute atomic E-state index is 11.8. The molecule has 6 heteroatoms. The van der Waals surface area contributed by atoms with Crippen molar-refractivity contribution in [1.82, 2.24) is 5.32 Å². The van der Waals surface area contributed by atoms with Crippen LogP contribution in [0.5, 0.6) is 0 Å². The lowest BCUT2D eigenvalue weighted by Gasteiger charge is -2.06. The minimum absolute atomic E-state index is 0.229. The Morgan fingerprint density at radius 1 is 1.40 bits per heavy atom. The molecule has 1 aromatic rings. The molecule has 1 atom stereocenters. The quantitative estimate of drug-likeness (QED) is 0.772. The molecule has 1 rings (SSSR count). The summed E-state index contributed by atoms with van der Waals surface area (Å²) in [6.07, 6.45) is 4.12. The molecule has 108 valence electrons. The van der Waals surface area contributed by atoms with Crippen LogP contribution < -0.4 is 5.32 Å². The van der Waals surface area contributed by atoms with Crippen molar-refractivity contribution in [2.24, 2.45) is 0 Å². The topological polar surface area (TPSA) is 83.5 Å². The average Bonchev–Trinajstić information content (AvgIpc) is 2.36. The van der Waals surface area contributed by atoms with E-state index in [0.717, 1.165) is 17.2 Å². The normalized spacial score (nSPS) is 12.3. The number of carbonyl (C=O) groups is 2. The zero-order chi connectivity index (χ0) is 15.1. The number of hydrogen-bond donors (Lipinski definition) is 2. The molecule has 0 aromatic heterocycles. The Labute approximate surface area is 120 Å². The molecule has 0 radical (unpaired) electrons. The van der Waals surface area contributed by atoms with E-state index in [1.165, 1.54) is 6.08 Å². The summed E-state index contributed by atoms with van der Waals surface area (Å²) in [6, 6.07) is 5.02. The van der Waals surface area contributed by atoms with Crippen molar-refractivity contribution in [2.75, 3.05) is 18.6 Å². The summed E-state index contributed by atoms with van der Waals surface area (Å²) < 4.78 is 10.9. The zero-order valence-corrected chi connectivity index (χ0v) is 12.2. The molecular weight excluding hydrogens is 278 g/mol. The van der Waals surface area contributed by atoms with Crippen molar-refractivity contribution in [2.45, 2.75) is 6.92 Å². The number of rotatable bonds is 6. The molecule has 0 saturated carbocycles. The average molecular weight is 295 g/mol. The second-order valence-electron chi connectivity index (χ2n) is 4.28. The Morgan fingerprint density at radius 3 is 2.65 bits per heavy atom. The van der Waals surface area contributed by atoms with E-state index in [9.17, 15) is 13.8 Å². The van der Waals surface area contributed by atoms with Gasteiger partial charge in [-0.1, -0.05) is 6.07 Å². The number of amides is 1. The van der Waals surface area contributed by atoms with Crippen LogP contribution in [0.3, 0.4) is 0 Å². The van der Waals surface area contributed by atoms with Crippen LogP contribution >= 0.6 is 0 Å². The molecule has 0 bridgehead atoms. The van der Waals surface area contributed by atoms with Crippen LogP contribution in [0.15, 0.2) is 24.3 Å². The van der Waals surface area contributed by atoms with E-state index >= 15 is 0 Å². The van der Waals surface area contributed by atoms with Crippen LogP contribution in [0.4, 0.5) is 0 Å². The molecule has 0 fully saturated rings. The Kier molecular flexibility index (Phi) is 6.11. The highest BCUT2D eigenvalue weighted by atomic mass is 32.2. The predicted molar refractivity (Wildman–Crippen MR) is 79.1 cm³/mol. The van der Waals surface area contributed by atoms with Crippen molar-refractivity contribution in [3.05, 3.63) is 41.0 Å². The Bertz CT molecular complexity index is 566. The van der Waals surface area contributed by atoms with Crippen molar-refractivity contribution < 1.29 is 18.9 Å². The van der Waals surface area contributed by atoms with Crippen molar-refractivity contribution in [1.29, 1.82) is 0 Å². The van der Waals surface area contributed by atoms with Gasteiger partial charge in [-0.15, -0.1) is 0 Å². The number of carboxylic acids is 1. The molecule has 20 heavy (non-hydrogen) atoms. The van der Waals surface area contributed by atoms with E-state index in [2.05, 4.69) is 5.32 Å². The Hall–Kier alpha value is -1.95. The first kappa shape index (κ1) is 16.1. The number of nitrogens with one attached hydrogen (secondary N) is 1. The molecule has 2 N–H and O–H groups in total. The Morgan fingerprint density at radius 2 is 2.10 bits per heavy atom. The smallest absolute Gasteiger partial charge is 0.328 e. The van der Waals surface area contributed by atoms with Gasteiger partial charge in [-0.25, -0.2) is 4.79 Å². The lowest BCUT2D eigenvalue weighted by atomic mass is 10.0. The van der Waals surface area contributed by atoms with Crippen LogP contribution in [0.1, 0.15) is 21.5 Å². The number of benzene rings is 1. The summed E-state index contributed by atoms with van der Waals surface area (Å²) in [5, 5.41) is 11.3. The molecule has 1 aromatic carbocycles. The molecule has 0 aliphatic heterocycles. The van der Waals surface area contributed by atoms with Gasteiger partial charge in [-0.05, 0) is 36.3 Å². The molecule has 0 aliphatic rings. The zero-order valence-electron chi connectivity index (χ0n) is 11.4. The van der Waals surface area contributed by atoms with Gasteiger partial charge in [0.1, 0.15) is 0 Å². The van der Waals surface area contributed by atoms with E-state index < -0.39 is 16.8 Å². The highest BCUT2D eigenvalue weighted by molar-refractivity contribution is 7.84. The number of aliphatic carboxylic acids is 1. The van der Waals surface area contributed by atoms with Crippen LogP contribution in [0, 0.1) is 6.92 Å². The first-order chi connectivity index (χ1) is 9.40. The third-order valence-corrected chi connectivity index (χ3v) is 3.39. The lowest BCUT2D eigenvalue weighted by Crippen LogP contribution is -2.27. The molecule has 0 aliphatic carbocycles.